The van der Waals surface area contributed by atoms with E-state index in [2.05, 4.69) is 20.8 Å². The lowest BCUT2D eigenvalue weighted by molar-refractivity contribution is 0.368. The van der Waals surface area contributed by atoms with Crippen LogP contribution in [0.15, 0.2) is 0 Å². The van der Waals surface area contributed by atoms with Crippen LogP contribution in [-0.4, -0.2) is 0 Å². The molecule has 0 heteroatoms. The minimum absolute atomic E-state index is 1.01. The van der Waals surface area contributed by atoms with Crippen LogP contribution >= 0.6 is 0 Å². The van der Waals surface area contributed by atoms with Crippen molar-refractivity contribution in [3.05, 3.63) is 6.92 Å². The van der Waals surface area contributed by atoms with Crippen molar-refractivity contribution < 1.29 is 0 Å². The summed E-state index contributed by atoms with van der Waals surface area (Å²) in [6.45, 7) is 8.68. The zero-order valence-corrected chi connectivity index (χ0v) is 26.6. The first kappa shape index (κ1) is 37.0. The molecule has 1 unspecified atom stereocenters. The van der Waals surface area contributed by atoms with Crippen LogP contribution in [0.5, 0.6) is 0 Å². The predicted octanol–water partition coefficient (Wildman–Crippen LogP) is 14.3. The van der Waals surface area contributed by atoms with Gasteiger partial charge >= 0.3 is 0 Å². The molecule has 37 heavy (non-hydrogen) atoms. The summed E-state index contributed by atoms with van der Waals surface area (Å²) in [7, 11) is 0. The molecule has 0 aromatic heterocycles. The van der Waals surface area contributed by atoms with E-state index in [1.165, 1.54) is 205 Å². The highest BCUT2D eigenvalue weighted by atomic mass is 14.1. The third kappa shape index (κ3) is 32.1. The smallest absolute Gasteiger partial charge is 0.0414 e. The summed E-state index contributed by atoms with van der Waals surface area (Å²) >= 11 is 0. The van der Waals surface area contributed by atoms with Gasteiger partial charge < -0.3 is 0 Å². The summed E-state index contributed by atoms with van der Waals surface area (Å²) < 4.78 is 0. The van der Waals surface area contributed by atoms with Crippen LogP contribution in [0.1, 0.15) is 226 Å². The van der Waals surface area contributed by atoms with Crippen LogP contribution in [-0.2, 0) is 0 Å². The molecule has 0 nitrogen and oxygen atoms in total. The number of unbranched alkanes of at least 4 members (excludes halogenated alkanes) is 27. The van der Waals surface area contributed by atoms with Gasteiger partial charge in [-0.1, -0.05) is 233 Å². The van der Waals surface area contributed by atoms with E-state index in [0.29, 0.717) is 0 Å². The normalized spacial score (nSPS) is 12.4. The Bertz CT molecular complexity index is 372. The van der Waals surface area contributed by atoms with Gasteiger partial charge in [0.05, 0.1) is 0 Å². The van der Waals surface area contributed by atoms with E-state index in [0.717, 1.165) is 12.3 Å². The molecule has 0 aliphatic carbocycles. The van der Waals surface area contributed by atoms with E-state index in [-0.39, 0.29) is 0 Å². The van der Waals surface area contributed by atoms with Gasteiger partial charge in [0.1, 0.15) is 0 Å². The first-order valence-corrected chi connectivity index (χ1v) is 18.1. The molecule has 0 amide bonds. The second kappa shape index (κ2) is 34.0. The zero-order chi connectivity index (χ0) is 26.9. The highest BCUT2D eigenvalue weighted by molar-refractivity contribution is 4.62. The Hall–Kier alpha value is 0. The van der Waals surface area contributed by atoms with Gasteiger partial charge in [-0.2, -0.15) is 0 Å². The molecule has 1 radical (unpaired) electrons. The second-order valence-electron chi connectivity index (χ2n) is 12.6. The fourth-order valence-electron chi connectivity index (χ4n) is 6.12. The summed E-state index contributed by atoms with van der Waals surface area (Å²) in [6.07, 6.45) is 48.1. The second-order valence-corrected chi connectivity index (χ2v) is 12.6. The third-order valence-electron chi connectivity index (χ3n) is 8.79. The highest BCUT2D eigenvalue weighted by Gasteiger charge is 2.08. The van der Waals surface area contributed by atoms with Crippen molar-refractivity contribution in [3.63, 3.8) is 0 Å². The summed E-state index contributed by atoms with van der Waals surface area (Å²) in [4.78, 5) is 0. The molecule has 0 aromatic rings. The fourth-order valence-corrected chi connectivity index (χ4v) is 6.12. The van der Waals surface area contributed by atoms with Crippen LogP contribution in [0.3, 0.4) is 0 Å². The molecule has 0 rings (SSSR count). The fraction of sp³-hybridized carbons (Fsp3) is 0.973. The van der Waals surface area contributed by atoms with E-state index < -0.39 is 0 Å². The van der Waals surface area contributed by atoms with Crippen molar-refractivity contribution in [2.45, 2.75) is 226 Å². The average molecular weight is 520 g/mol. The summed E-state index contributed by atoms with van der Waals surface area (Å²) in [5.74, 6) is 1.01. The molecule has 1 atom stereocenters. The third-order valence-corrected chi connectivity index (χ3v) is 8.79. The van der Waals surface area contributed by atoms with Crippen molar-refractivity contribution in [2.75, 3.05) is 0 Å². The molecular weight excluding hydrogens is 444 g/mol. The minimum atomic E-state index is 1.01. The number of hydrogen-bond acceptors (Lipinski definition) is 0. The zero-order valence-electron chi connectivity index (χ0n) is 26.6. The predicted molar refractivity (Wildman–Crippen MR) is 173 cm³/mol. The van der Waals surface area contributed by atoms with Crippen LogP contribution in [0.25, 0.3) is 0 Å². The van der Waals surface area contributed by atoms with Crippen molar-refractivity contribution in [1.29, 1.82) is 0 Å². The minimum Gasteiger partial charge on any atom is -0.0654 e. The Labute approximate surface area is 238 Å². The van der Waals surface area contributed by atoms with Gasteiger partial charge in [0.25, 0.3) is 0 Å². The molecule has 0 aliphatic heterocycles. The van der Waals surface area contributed by atoms with Gasteiger partial charge in [-0.05, 0) is 5.92 Å². The lowest BCUT2D eigenvalue weighted by Crippen LogP contribution is -2.01. The lowest BCUT2D eigenvalue weighted by atomic mass is 9.89. The van der Waals surface area contributed by atoms with E-state index in [9.17, 15) is 0 Å². The molecule has 0 aliphatic rings. The van der Waals surface area contributed by atoms with Gasteiger partial charge in [0.15, 0.2) is 0 Å². The van der Waals surface area contributed by atoms with Crippen molar-refractivity contribution in [3.8, 4) is 0 Å². The topological polar surface area (TPSA) is 0 Å². The van der Waals surface area contributed by atoms with E-state index >= 15 is 0 Å². The molecule has 0 heterocycles. The molecule has 0 spiro atoms. The standard InChI is InChI=1S/C37H75/c1-4-7-10-12-14-16-18-20-21-22-24-26-28-30-33-36-37(34-31-9-6-3)35-32-29-27-25-23-19-17-15-13-11-8-5-2/h37H,3-36H2,1-2H3. The molecule has 0 aromatic carbocycles. The quantitative estimate of drug-likeness (QED) is 0.0756. The SMILES string of the molecule is [CH2]CCCCC(CCCCCCCCCCCCCC)CCCCCCCCCCCCCCCCC. The van der Waals surface area contributed by atoms with Crippen molar-refractivity contribution in [2.24, 2.45) is 5.92 Å². The average Bonchev–Trinajstić information content (AvgIpc) is 2.91. The van der Waals surface area contributed by atoms with Gasteiger partial charge in [-0.15, -0.1) is 0 Å². The highest BCUT2D eigenvalue weighted by Crippen LogP contribution is 2.24. The lowest BCUT2D eigenvalue weighted by Gasteiger charge is -2.17. The molecule has 0 fully saturated rings. The van der Waals surface area contributed by atoms with Gasteiger partial charge in [-0.3, -0.25) is 0 Å². The maximum absolute atomic E-state index is 4.06. The first-order chi connectivity index (χ1) is 18.3. The Kier molecular flexibility index (Phi) is 34.0. The van der Waals surface area contributed by atoms with Crippen LogP contribution < -0.4 is 0 Å². The molecule has 0 bridgehead atoms. The molecular formula is C37H75. The van der Waals surface area contributed by atoms with E-state index in [1.54, 1.807) is 0 Å². The largest absolute Gasteiger partial charge is 0.0654 e. The van der Waals surface area contributed by atoms with Crippen LogP contribution in [0.2, 0.25) is 0 Å². The van der Waals surface area contributed by atoms with Crippen LogP contribution in [0, 0.1) is 12.8 Å². The summed E-state index contributed by atoms with van der Waals surface area (Å²) in [6, 6.07) is 0. The van der Waals surface area contributed by atoms with Gasteiger partial charge in [-0.25, -0.2) is 0 Å². The molecule has 0 saturated heterocycles. The van der Waals surface area contributed by atoms with E-state index in [1.807, 2.05) is 0 Å². The van der Waals surface area contributed by atoms with Gasteiger partial charge in [0, 0.05) is 0 Å². The van der Waals surface area contributed by atoms with Crippen molar-refractivity contribution >= 4 is 0 Å². The summed E-state index contributed by atoms with van der Waals surface area (Å²) in [5, 5.41) is 0. The number of hydrogen-bond donors (Lipinski definition) is 0. The molecule has 0 N–H and O–H groups in total. The van der Waals surface area contributed by atoms with Gasteiger partial charge in [0.2, 0.25) is 0 Å². The maximum atomic E-state index is 4.06. The number of rotatable bonds is 33. The maximum Gasteiger partial charge on any atom is -0.0414 e. The van der Waals surface area contributed by atoms with Crippen molar-refractivity contribution in [1.82, 2.24) is 0 Å². The Balaban J connectivity index is 3.55. The molecule has 223 valence electrons. The van der Waals surface area contributed by atoms with E-state index in [4.69, 9.17) is 0 Å². The first-order valence-electron chi connectivity index (χ1n) is 18.1. The monoisotopic (exact) mass is 520 g/mol. The Morgan fingerprint density at radius 3 is 0.757 bits per heavy atom. The molecule has 0 saturated carbocycles. The van der Waals surface area contributed by atoms with Crippen LogP contribution in [0.4, 0.5) is 0 Å². The Morgan fingerprint density at radius 2 is 0.514 bits per heavy atom. The Morgan fingerprint density at radius 1 is 0.297 bits per heavy atom. The summed E-state index contributed by atoms with van der Waals surface area (Å²) in [5.41, 5.74) is 0.